The van der Waals surface area contributed by atoms with Crippen molar-refractivity contribution in [2.45, 2.75) is 44.2 Å². The third kappa shape index (κ3) is 2.75. The van der Waals surface area contributed by atoms with E-state index in [0.29, 0.717) is 5.54 Å². The molecule has 1 aromatic rings. The van der Waals surface area contributed by atoms with Crippen LogP contribution in [0.2, 0.25) is 0 Å². The molecular formula is C14H24N4. The molecule has 0 radical (unpaired) electrons. The van der Waals surface area contributed by atoms with Gasteiger partial charge in [0, 0.05) is 44.1 Å². The summed E-state index contributed by atoms with van der Waals surface area (Å²) in [5.74, 6) is 0. The topological polar surface area (TPSA) is 33.1 Å². The van der Waals surface area contributed by atoms with Gasteiger partial charge in [-0.3, -0.25) is 9.58 Å². The highest BCUT2D eigenvalue weighted by molar-refractivity contribution is 4.96. The molecular weight excluding hydrogens is 224 g/mol. The van der Waals surface area contributed by atoms with Gasteiger partial charge < -0.3 is 5.32 Å². The molecule has 18 heavy (non-hydrogen) atoms. The molecule has 1 aliphatic heterocycles. The molecule has 1 aromatic heterocycles. The molecule has 2 aliphatic rings. The summed E-state index contributed by atoms with van der Waals surface area (Å²) in [6.07, 6.45) is 10.9. The third-order valence-corrected chi connectivity index (χ3v) is 4.47. The molecule has 0 aromatic carbocycles. The Labute approximate surface area is 109 Å². The molecule has 2 fully saturated rings. The zero-order valence-electron chi connectivity index (χ0n) is 11.1. The Kier molecular flexibility index (Phi) is 3.66. The predicted octanol–water partition coefficient (Wildman–Crippen LogP) is 1.49. The van der Waals surface area contributed by atoms with Crippen LogP contribution in [-0.2, 0) is 6.54 Å². The van der Waals surface area contributed by atoms with E-state index in [1.807, 2.05) is 16.9 Å². The van der Waals surface area contributed by atoms with Crippen molar-refractivity contribution in [3.05, 3.63) is 18.5 Å². The Balaban J connectivity index is 1.53. The first kappa shape index (κ1) is 12.2. The monoisotopic (exact) mass is 248 g/mol. The minimum Gasteiger partial charge on any atom is -0.309 e. The number of hydrogen-bond acceptors (Lipinski definition) is 3. The fourth-order valence-corrected chi connectivity index (χ4v) is 3.47. The van der Waals surface area contributed by atoms with Crippen molar-refractivity contribution < 1.29 is 0 Å². The molecule has 4 nitrogen and oxygen atoms in total. The van der Waals surface area contributed by atoms with E-state index in [0.717, 1.165) is 19.6 Å². The van der Waals surface area contributed by atoms with Gasteiger partial charge in [0.05, 0.1) is 6.54 Å². The average Bonchev–Trinajstić information content (AvgIpc) is 2.91. The Morgan fingerprint density at radius 1 is 1.17 bits per heavy atom. The lowest BCUT2D eigenvalue weighted by Crippen LogP contribution is -2.61. The molecule has 1 spiro atoms. The van der Waals surface area contributed by atoms with E-state index in [1.165, 1.54) is 45.2 Å². The fourth-order valence-electron chi connectivity index (χ4n) is 3.47. The van der Waals surface area contributed by atoms with Crippen LogP contribution in [0.1, 0.15) is 32.1 Å². The van der Waals surface area contributed by atoms with E-state index in [2.05, 4.69) is 21.5 Å². The van der Waals surface area contributed by atoms with Crippen molar-refractivity contribution in [2.24, 2.45) is 0 Å². The Morgan fingerprint density at radius 2 is 2.06 bits per heavy atom. The maximum atomic E-state index is 4.28. The largest absolute Gasteiger partial charge is 0.309 e. The van der Waals surface area contributed by atoms with Gasteiger partial charge in [0.25, 0.3) is 0 Å². The summed E-state index contributed by atoms with van der Waals surface area (Å²) in [5, 5.41) is 8.07. The van der Waals surface area contributed by atoms with Crippen molar-refractivity contribution in [2.75, 3.05) is 26.2 Å². The van der Waals surface area contributed by atoms with Crippen LogP contribution in [0.25, 0.3) is 0 Å². The Bertz CT molecular complexity index is 348. The molecule has 2 heterocycles. The summed E-state index contributed by atoms with van der Waals surface area (Å²) in [4.78, 5) is 2.61. The van der Waals surface area contributed by atoms with Gasteiger partial charge >= 0.3 is 0 Å². The summed E-state index contributed by atoms with van der Waals surface area (Å²) >= 11 is 0. The summed E-state index contributed by atoms with van der Waals surface area (Å²) in [6.45, 7) is 5.71. The van der Waals surface area contributed by atoms with Gasteiger partial charge in [-0.1, -0.05) is 19.3 Å². The molecule has 0 atom stereocenters. The lowest BCUT2D eigenvalue weighted by molar-refractivity contribution is 0.0960. The van der Waals surface area contributed by atoms with Crippen LogP contribution < -0.4 is 5.32 Å². The van der Waals surface area contributed by atoms with E-state index in [-0.39, 0.29) is 0 Å². The lowest BCUT2D eigenvalue weighted by Gasteiger charge is -2.46. The van der Waals surface area contributed by atoms with Gasteiger partial charge in [-0.2, -0.15) is 5.10 Å². The zero-order chi connectivity index (χ0) is 12.3. The highest BCUT2D eigenvalue weighted by atomic mass is 15.3. The van der Waals surface area contributed by atoms with Crippen molar-refractivity contribution >= 4 is 0 Å². The minimum atomic E-state index is 0.431. The van der Waals surface area contributed by atoms with E-state index in [1.54, 1.807) is 0 Å². The maximum Gasteiger partial charge on any atom is 0.0536 e. The van der Waals surface area contributed by atoms with Crippen molar-refractivity contribution in [1.29, 1.82) is 0 Å². The summed E-state index contributed by atoms with van der Waals surface area (Å²) in [7, 11) is 0. The third-order valence-electron chi connectivity index (χ3n) is 4.47. The second-order valence-corrected chi connectivity index (χ2v) is 5.81. The van der Waals surface area contributed by atoms with Crippen LogP contribution in [0, 0.1) is 0 Å². The highest BCUT2D eigenvalue weighted by Crippen LogP contribution is 2.30. The SMILES string of the molecule is c1cnn(CCN2CCNC3(CCCCC3)C2)c1. The first-order valence-corrected chi connectivity index (χ1v) is 7.31. The van der Waals surface area contributed by atoms with Crippen LogP contribution in [-0.4, -0.2) is 46.4 Å². The highest BCUT2D eigenvalue weighted by Gasteiger charge is 2.35. The van der Waals surface area contributed by atoms with Crippen LogP contribution in [0.5, 0.6) is 0 Å². The van der Waals surface area contributed by atoms with E-state index in [4.69, 9.17) is 0 Å². The second-order valence-electron chi connectivity index (χ2n) is 5.81. The maximum absolute atomic E-state index is 4.28. The number of nitrogens with zero attached hydrogens (tertiary/aromatic N) is 3. The smallest absolute Gasteiger partial charge is 0.0536 e. The first-order chi connectivity index (χ1) is 8.86. The first-order valence-electron chi connectivity index (χ1n) is 7.31. The van der Waals surface area contributed by atoms with Crippen molar-refractivity contribution in [3.63, 3.8) is 0 Å². The zero-order valence-corrected chi connectivity index (χ0v) is 11.1. The van der Waals surface area contributed by atoms with Crippen LogP contribution >= 0.6 is 0 Å². The second kappa shape index (κ2) is 5.41. The molecule has 1 N–H and O–H groups in total. The van der Waals surface area contributed by atoms with Crippen LogP contribution in [0.4, 0.5) is 0 Å². The van der Waals surface area contributed by atoms with Gasteiger partial charge in [-0.25, -0.2) is 0 Å². The Hall–Kier alpha value is -0.870. The molecule has 1 aliphatic carbocycles. The van der Waals surface area contributed by atoms with Crippen molar-refractivity contribution in [3.8, 4) is 0 Å². The van der Waals surface area contributed by atoms with Crippen molar-refractivity contribution in [1.82, 2.24) is 20.0 Å². The summed E-state index contributed by atoms with van der Waals surface area (Å²) < 4.78 is 2.04. The minimum absolute atomic E-state index is 0.431. The number of aromatic nitrogens is 2. The van der Waals surface area contributed by atoms with Gasteiger partial charge in [0.15, 0.2) is 0 Å². The molecule has 1 saturated heterocycles. The quantitative estimate of drug-likeness (QED) is 0.880. The average molecular weight is 248 g/mol. The van der Waals surface area contributed by atoms with Gasteiger partial charge in [0.1, 0.15) is 0 Å². The number of nitrogens with one attached hydrogen (secondary N) is 1. The predicted molar refractivity (Wildman–Crippen MR) is 72.5 cm³/mol. The Morgan fingerprint density at radius 3 is 2.83 bits per heavy atom. The van der Waals surface area contributed by atoms with Gasteiger partial charge in [-0.05, 0) is 18.9 Å². The number of rotatable bonds is 3. The van der Waals surface area contributed by atoms with E-state index >= 15 is 0 Å². The molecule has 0 unspecified atom stereocenters. The molecule has 0 amide bonds. The van der Waals surface area contributed by atoms with Crippen LogP contribution in [0.15, 0.2) is 18.5 Å². The molecule has 100 valence electrons. The molecule has 3 rings (SSSR count). The number of piperazine rings is 1. The normalized spacial score (nSPS) is 24.4. The summed E-state index contributed by atoms with van der Waals surface area (Å²) in [5.41, 5.74) is 0.431. The number of hydrogen-bond donors (Lipinski definition) is 1. The fraction of sp³-hybridized carbons (Fsp3) is 0.786. The van der Waals surface area contributed by atoms with Crippen LogP contribution in [0.3, 0.4) is 0 Å². The van der Waals surface area contributed by atoms with E-state index < -0.39 is 0 Å². The summed E-state index contributed by atoms with van der Waals surface area (Å²) in [6, 6.07) is 2.00. The molecule has 4 heteroatoms. The van der Waals surface area contributed by atoms with Gasteiger partial charge in [0.2, 0.25) is 0 Å². The lowest BCUT2D eigenvalue weighted by atomic mass is 9.80. The molecule has 0 bridgehead atoms. The van der Waals surface area contributed by atoms with E-state index in [9.17, 15) is 0 Å². The van der Waals surface area contributed by atoms with Gasteiger partial charge in [-0.15, -0.1) is 0 Å². The standard InChI is InChI=1S/C14H24N4/c1-2-5-14(6-3-1)13-17(10-8-15-14)11-12-18-9-4-7-16-18/h4,7,9,15H,1-3,5-6,8,10-13H2. The molecule has 1 saturated carbocycles.